The molecule has 2 aromatic carbocycles. The van der Waals surface area contributed by atoms with E-state index in [1.54, 1.807) is 0 Å². The van der Waals surface area contributed by atoms with Crippen LogP contribution in [0.1, 0.15) is 77.0 Å². The number of nitrogens with zero attached hydrogens (tertiary/aromatic N) is 2. The Balaban J connectivity index is 1.89. The average Bonchev–Trinajstić information content (AvgIpc) is 2.80. The maximum atomic E-state index is 14.6. The van der Waals surface area contributed by atoms with Crippen LogP contribution in [-0.2, 0) is 16.1 Å². The van der Waals surface area contributed by atoms with Gasteiger partial charge in [0.1, 0.15) is 5.60 Å². The Kier molecular flexibility index (Phi) is 9.42. The van der Waals surface area contributed by atoms with Gasteiger partial charge in [0.25, 0.3) is 0 Å². The molecular formula is C29H40F2N2O2. The van der Waals surface area contributed by atoms with Crippen LogP contribution in [0.2, 0.25) is 0 Å². The fourth-order valence-corrected chi connectivity index (χ4v) is 4.80. The highest BCUT2D eigenvalue weighted by atomic mass is 19.3. The van der Waals surface area contributed by atoms with Crippen molar-refractivity contribution in [2.45, 2.75) is 90.1 Å². The van der Waals surface area contributed by atoms with Gasteiger partial charge in [-0.3, -0.25) is 9.69 Å². The number of piperidine rings is 1. The Morgan fingerprint density at radius 1 is 1.06 bits per heavy atom. The quantitative estimate of drug-likeness (QED) is 0.273. The Morgan fingerprint density at radius 3 is 2.29 bits per heavy atom. The minimum absolute atomic E-state index is 0.00860. The minimum atomic E-state index is -2.79. The lowest BCUT2D eigenvalue weighted by molar-refractivity contribution is -0.169. The van der Waals surface area contributed by atoms with Crippen molar-refractivity contribution in [3.63, 3.8) is 0 Å². The van der Waals surface area contributed by atoms with E-state index in [0.29, 0.717) is 25.9 Å². The molecule has 1 saturated heterocycles. The van der Waals surface area contributed by atoms with E-state index >= 15 is 0 Å². The number of carbonyl (C=O) groups excluding carboxylic acids is 1. The molecule has 2 aromatic rings. The Hall–Kier alpha value is -2.31. The van der Waals surface area contributed by atoms with E-state index in [-0.39, 0.29) is 37.4 Å². The van der Waals surface area contributed by atoms with Crippen LogP contribution in [0.15, 0.2) is 60.7 Å². The number of rotatable bonds is 10. The maximum Gasteiger partial charge on any atom is 0.307 e. The van der Waals surface area contributed by atoms with Crippen LogP contribution >= 0.6 is 0 Å². The number of benzene rings is 2. The lowest BCUT2D eigenvalue weighted by atomic mass is 9.99. The molecule has 0 saturated carbocycles. The molecule has 3 rings (SSSR count). The topological polar surface area (TPSA) is 32.8 Å². The highest BCUT2D eigenvalue weighted by Crippen LogP contribution is 2.33. The van der Waals surface area contributed by atoms with Crippen molar-refractivity contribution in [2.75, 3.05) is 13.1 Å². The number of likely N-dealkylation sites (tertiary alicyclic amines) is 1. The third-order valence-corrected chi connectivity index (χ3v) is 6.63. The van der Waals surface area contributed by atoms with Gasteiger partial charge in [-0.2, -0.15) is 8.78 Å². The molecule has 6 heteroatoms. The molecule has 1 heterocycles. The molecule has 0 radical (unpaired) electrons. The first kappa shape index (κ1) is 27.3. The second-order valence-electron chi connectivity index (χ2n) is 10.6. The zero-order valence-electron chi connectivity index (χ0n) is 21.6. The molecule has 0 N–H and O–H groups in total. The van der Waals surface area contributed by atoms with Crippen molar-refractivity contribution < 1.29 is 18.3 Å². The predicted molar refractivity (Wildman–Crippen MR) is 136 cm³/mol. The molecule has 192 valence electrons. The number of hydrogen-bond donors (Lipinski definition) is 0. The summed E-state index contributed by atoms with van der Waals surface area (Å²) in [5, 5.41) is 0. The zero-order valence-corrected chi connectivity index (χ0v) is 21.6. The molecule has 0 aliphatic carbocycles. The summed E-state index contributed by atoms with van der Waals surface area (Å²) in [5.74, 6) is -0.300. The van der Waals surface area contributed by atoms with Gasteiger partial charge in [0.15, 0.2) is 0 Å². The number of alkyl halides is 2. The smallest absolute Gasteiger partial charge is 0.307 e. The largest absolute Gasteiger partial charge is 0.460 e. The zero-order chi connectivity index (χ0) is 25.5. The lowest BCUT2D eigenvalue weighted by Gasteiger charge is -2.40. The summed E-state index contributed by atoms with van der Waals surface area (Å²) >= 11 is 0. The van der Waals surface area contributed by atoms with Gasteiger partial charge >= 0.3 is 12.0 Å². The van der Waals surface area contributed by atoms with Crippen molar-refractivity contribution in [3.05, 3.63) is 71.8 Å². The van der Waals surface area contributed by atoms with Crippen molar-refractivity contribution in [3.8, 4) is 0 Å². The van der Waals surface area contributed by atoms with Gasteiger partial charge in [0.05, 0.1) is 6.42 Å². The molecule has 1 fully saturated rings. The number of halogens is 2. The van der Waals surface area contributed by atoms with Gasteiger partial charge in [0, 0.05) is 38.1 Å². The number of ether oxygens (including phenoxy) is 1. The summed E-state index contributed by atoms with van der Waals surface area (Å²) < 4.78 is 34.9. The normalized spacial score (nSPS) is 18.3. The summed E-state index contributed by atoms with van der Waals surface area (Å²) in [4.78, 5) is 16.5. The van der Waals surface area contributed by atoms with E-state index in [0.717, 1.165) is 17.5 Å². The van der Waals surface area contributed by atoms with Gasteiger partial charge in [-0.05, 0) is 58.1 Å². The summed E-state index contributed by atoms with van der Waals surface area (Å²) in [6.07, 6.45) is 1.84. The van der Waals surface area contributed by atoms with E-state index in [1.165, 1.54) is 4.90 Å². The number of esters is 1. The SMILES string of the molecule is C[C@@H](c1ccccc1)N(Cc1ccccc1)C(CCN1CCCCC1(F)F)CC(=O)OC(C)(C)C. The minimum Gasteiger partial charge on any atom is -0.460 e. The molecule has 4 nitrogen and oxygen atoms in total. The first-order valence-electron chi connectivity index (χ1n) is 12.7. The van der Waals surface area contributed by atoms with Crippen LogP contribution in [0.5, 0.6) is 0 Å². The second kappa shape index (κ2) is 12.1. The lowest BCUT2D eigenvalue weighted by Crippen LogP contribution is -2.48. The van der Waals surface area contributed by atoms with Crippen LogP contribution in [0.25, 0.3) is 0 Å². The van der Waals surface area contributed by atoms with Crippen LogP contribution in [-0.4, -0.2) is 46.5 Å². The van der Waals surface area contributed by atoms with Crippen LogP contribution in [0.4, 0.5) is 8.78 Å². The van der Waals surface area contributed by atoms with E-state index in [1.807, 2.05) is 57.2 Å². The van der Waals surface area contributed by atoms with E-state index in [4.69, 9.17) is 4.74 Å². The molecule has 2 atom stereocenters. The summed E-state index contributed by atoms with van der Waals surface area (Å²) in [6, 6.07) is 17.2. The molecule has 1 unspecified atom stereocenters. The fourth-order valence-electron chi connectivity index (χ4n) is 4.80. The maximum absolute atomic E-state index is 14.6. The monoisotopic (exact) mass is 486 g/mol. The first-order chi connectivity index (χ1) is 16.5. The van der Waals surface area contributed by atoms with E-state index in [2.05, 4.69) is 36.1 Å². The fraction of sp³-hybridized carbons (Fsp3) is 0.552. The molecule has 1 aliphatic heterocycles. The van der Waals surface area contributed by atoms with Crippen LogP contribution in [0.3, 0.4) is 0 Å². The first-order valence-corrected chi connectivity index (χ1v) is 12.7. The molecule has 0 aromatic heterocycles. The highest BCUT2D eigenvalue weighted by molar-refractivity contribution is 5.70. The third-order valence-electron chi connectivity index (χ3n) is 6.63. The van der Waals surface area contributed by atoms with E-state index < -0.39 is 11.6 Å². The predicted octanol–water partition coefficient (Wildman–Crippen LogP) is 6.82. The van der Waals surface area contributed by atoms with Crippen molar-refractivity contribution in [1.29, 1.82) is 0 Å². The summed E-state index contributed by atoms with van der Waals surface area (Å²) in [6.45, 7) is 8.91. The van der Waals surface area contributed by atoms with Gasteiger partial charge in [0.2, 0.25) is 0 Å². The standard InChI is InChI=1S/C29H40F2N2O2/c1-23(25-15-9-6-10-16-25)33(22-24-13-7-5-8-14-24)26(21-27(34)35-28(2,3)4)17-20-32-19-12-11-18-29(32,30)31/h5-10,13-16,23,26H,11-12,17-22H2,1-4H3/t23-,26?/m0/s1. The second-order valence-corrected chi connectivity index (χ2v) is 10.6. The van der Waals surface area contributed by atoms with Crippen molar-refractivity contribution in [2.24, 2.45) is 0 Å². The highest BCUT2D eigenvalue weighted by Gasteiger charge is 2.39. The van der Waals surface area contributed by atoms with Crippen LogP contribution in [0, 0.1) is 0 Å². The van der Waals surface area contributed by atoms with Gasteiger partial charge in [-0.1, -0.05) is 60.7 Å². The van der Waals surface area contributed by atoms with Crippen LogP contribution < -0.4 is 0 Å². The average molecular weight is 487 g/mol. The van der Waals surface area contributed by atoms with Crippen molar-refractivity contribution >= 4 is 5.97 Å². The number of hydrogen-bond acceptors (Lipinski definition) is 4. The molecule has 0 bridgehead atoms. The van der Waals surface area contributed by atoms with Gasteiger partial charge in [-0.25, -0.2) is 4.90 Å². The van der Waals surface area contributed by atoms with Gasteiger partial charge in [-0.15, -0.1) is 0 Å². The molecule has 0 spiro atoms. The summed E-state index contributed by atoms with van der Waals surface area (Å²) in [5.41, 5.74) is 1.64. The molecular weight excluding hydrogens is 446 g/mol. The Morgan fingerprint density at radius 2 is 1.69 bits per heavy atom. The molecule has 0 amide bonds. The summed E-state index contributed by atoms with van der Waals surface area (Å²) in [7, 11) is 0. The Labute approximate surface area is 209 Å². The van der Waals surface area contributed by atoms with Gasteiger partial charge < -0.3 is 4.74 Å². The van der Waals surface area contributed by atoms with Crippen molar-refractivity contribution in [1.82, 2.24) is 9.80 Å². The third kappa shape index (κ3) is 8.39. The molecule has 35 heavy (non-hydrogen) atoms. The number of carbonyl (C=O) groups is 1. The molecule has 1 aliphatic rings. The Bertz CT molecular complexity index is 915. The van der Waals surface area contributed by atoms with E-state index in [9.17, 15) is 13.6 Å².